The fourth-order valence-electron chi connectivity index (χ4n) is 2.66. The first-order valence-corrected chi connectivity index (χ1v) is 6.30. The SMILES string of the molecule is CCCc1ccc2cc(C)c3ccccc3n12. The molecule has 0 N–H and O–H groups in total. The molecule has 1 nitrogen and oxygen atoms in total. The van der Waals surface area contributed by atoms with Gasteiger partial charge in [-0.3, -0.25) is 0 Å². The van der Waals surface area contributed by atoms with E-state index in [1.807, 2.05) is 0 Å². The van der Waals surface area contributed by atoms with E-state index in [9.17, 15) is 0 Å². The average Bonchev–Trinajstić information content (AvgIpc) is 2.73. The Bertz CT molecular complexity index is 676. The highest BCUT2D eigenvalue weighted by atomic mass is 14.9. The minimum atomic E-state index is 1.14. The number of hydrogen-bond donors (Lipinski definition) is 0. The van der Waals surface area contributed by atoms with Gasteiger partial charge in [0.1, 0.15) is 0 Å². The van der Waals surface area contributed by atoms with Gasteiger partial charge in [-0.2, -0.15) is 0 Å². The van der Waals surface area contributed by atoms with Crippen LogP contribution in [0.5, 0.6) is 0 Å². The molecule has 0 atom stereocenters. The van der Waals surface area contributed by atoms with Crippen LogP contribution in [-0.2, 0) is 6.42 Å². The zero-order chi connectivity index (χ0) is 11.8. The lowest BCUT2D eigenvalue weighted by Gasteiger charge is -2.09. The van der Waals surface area contributed by atoms with Crippen LogP contribution >= 0.6 is 0 Å². The maximum atomic E-state index is 2.39. The van der Waals surface area contributed by atoms with Crippen molar-refractivity contribution in [3.8, 4) is 0 Å². The van der Waals surface area contributed by atoms with Gasteiger partial charge in [0.25, 0.3) is 0 Å². The lowest BCUT2D eigenvalue weighted by atomic mass is 10.1. The Hall–Kier alpha value is -1.76. The summed E-state index contributed by atoms with van der Waals surface area (Å²) in [6.07, 6.45) is 2.33. The lowest BCUT2D eigenvalue weighted by molar-refractivity contribution is 0.877. The summed E-state index contributed by atoms with van der Waals surface area (Å²) in [7, 11) is 0. The molecule has 2 aromatic heterocycles. The minimum Gasteiger partial charge on any atom is -0.314 e. The minimum absolute atomic E-state index is 1.14. The molecular formula is C16H17N. The zero-order valence-electron chi connectivity index (χ0n) is 10.4. The van der Waals surface area contributed by atoms with Crippen LogP contribution in [0.1, 0.15) is 24.6 Å². The van der Waals surface area contributed by atoms with Crippen molar-refractivity contribution in [1.82, 2.24) is 4.40 Å². The Morgan fingerprint density at radius 3 is 2.71 bits per heavy atom. The first-order valence-electron chi connectivity index (χ1n) is 6.30. The first kappa shape index (κ1) is 10.4. The van der Waals surface area contributed by atoms with Gasteiger partial charge >= 0.3 is 0 Å². The van der Waals surface area contributed by atoms with Gasteiger partial charge in [0, 0.05) is 16.6 Å². The van der Waals surface area contributed by atoms with Crippen molar-refractivity contribution in [3.05, 3.63) is 53.7 Å². The van der Waals surface area contributed by atoms with Crippen molar-refractivity contribution >= 4 is 16.4 Å². The highest BCUT2D eigenvalue weighted by Crippen LogP contribution is 2.24. The van der Waals surface area contributed by atoms with Crippen molar-refractivity contribution in [1.29, 1.82) is 0 Å². The number of rotatable bonds is 2. The van der Waals surface area contributed by atoms with Crippen LogP contribution in [0.25, 0.3) is 16.4 Å². The van der Waals surface area contributed by atoms with Crippen molar-refractivity contribution in [3.63, 3.8) is 0 Å². The fraction of sp³-hybridized carbons (Fsp3) is 0.250. The molecule has 3 aromatic rings. The molecule has 17 heavy (non-hydrogen) atoms. The topological polar surface area (TPSA) is 4.41 Å². The zero-order valence-corrected chi connectivity index (χ0v) is 10.4. The molecule has 0 aliphatic carbocycles. The number of pyridine rings is 1. The monoisotopic (exact) mass is 223 g/mol. The summed E-state index contributed by atoms with van der Waals surface area (Å²) in [5.74, 6) is 0. The number of aryl methyl sites for hydroxylation is 2. The Labute approximate surface area is 102 Å². The second-order valence-electron chi connectivity index (χ2n) is 4.68. The van der Waals surface area contributed by atoms with E-state index < -0.39 is 0 Å². The van der Waals surface area contributed by atoms with Crippen molar-refractivity contribution in [2.24, 2.45) is 0 Å². The quantitative estimate of drug-likeness (QED) is 0.608. The van der Waals surface area contributed by atoms with E-state index in [-0.39, 0.29) is 0 Å². The second-order valence-corrected chi connectivity index (χ2v) is 4.68. The summed E-state index contributed by atoms with van der Waals surface area (Å²) in [5, 5.41) is 1.36. The molecule has 3 rings (SSSR count). The third-order valence-corrected chi connectivity index (χ3v) is 3.43. The number of fused-ring (bicyclic) bond motifs is 3. The summed E-state index contributed by atoms with van der Waals surface area (Å²) in [6.45, 7) is 4.42. The van der Waals surface area contributed by atoms with Crippen molar-refractivity contribution in [2.75, 3.05) is 0 Å². The maximum Gasteiger partial charge on any atom is 0.0533 e. The molecule has 0 unspecified atom stereocenters. The smallest absolute Gasteiger partial charge is 0.0533 e. The summed E-state index contributed by atoms with van der Waals surface area (Å²) in [6, 6.07) is 15.4. The highest BCUT2D eigenvalue weighted by Gasteiger charge is 2.06. The average molecular weight is 223 g/mol. The van der Waals surface area contributed by atoms with Gasteiger partial charge in [0.05, 0.1) is 5.52 Å². The van der Waals surface area contributed by atoms with E-state index in [4.69, 9.17) is 0 Å². The molecule has 1 aromatic carbocycles. The van der Waals surface area contributed by atoms with Crippen LogP contribution in [0.2, 0.25) is 0 Å². The first-order chi connectivity index (χ1) is 8.31. The van der Waals surface area contributed by atoms with Crippen LogP contribution in [0.15, 0.2) is 42.5 Å². The van der Waals surface area contributed by atoms with E-state index in [2.05, 4.69) is 60.7 Å². The van der Waals surface area contributed by atoms with Crippen molar-refractivity contribution < 1.29 is 0 Å². The van der Waals surface area contributed by atoms with Gasteiger partial charge in [0.15, 0.2) is 0 Å². The highest BCUT2D eigenvalue weighted by molar-refractivity contribution is 5.86. The van der Waals surface area contributed by atoms with Crippen LogP contribution < -0.4 is 0 Å². The molecule has 1 heteroatoms. The summed E-state index contributed by atoms with van der Waals surface area (Å²) in [5.41, 5.74) is 5.41. The molecule has 0 spiro atoms. The Balaban J connectivity index is 2.46. The predicted molar refractivity (Wildman–Crippen MR) is 73.6 cm³/mol. The molecule has 0 bridgehead atoms. The van der Waals surface area contributed by atoms with Crippen LogP contribution in [0.4, 0.5) is 0 Å². The van der Waals surface area contributed by atoms with E-state index in [1.165, 1.54) is 34.1 Å². The third-order valence-electron chi connectivity index (χ3n) is 3.43. The summed E-state index contributed by atoms with van der Waals surface area (Å²) < 4.78 is 2.39. The molecule has 0 saturated heterocycles. The summed E-state index contributed by atoms with van der Waals surface area (Å²) in [4.78, 5) is 0. The second kappa shape index (κ2) is 3.92. The number of benzene rings is 1. The number of nitrogens with zero attached hydrogens (tertiary/aromatic N) is 1. The molecule has 0 radical (unpaired) electrons. The number of hydrogen-bond acceptors (Lipinski definition) is 0. The van der Waals surface area contributed by atoms with Gasteiger partial charge in [-0.25, -0.2) is 0 Å². The molecule has 0 fully saturated rings. The lowest BCUT2D eigenvalue weighted by Crippen LogP contribution is -1.95. The normalized spacial score (nSPS) is 11.4. The third kappa shape index (κ3) is 1.54. The van der Waals surface area contributed by atoms with Gasteiger partial charge in [-0.15, -0.1) is 0 Å². The number of para-hydroxylation sites is 1. The fourth-order valence-corrected chi connectivity index (χ4v) is 2.66. The largest absolute Gasteiger partial charge is 0.314 e. The van der Waals surface area contributed by atoms with Crippen LogP contribution in [0, 0.1) is 6.92 Å². The molecule has 0 amide bonds. The maximum absolute atomic E-state index is 2.39. The molecule has 2 heterocycles. The van der Waals surface area contributed by atoms with Crippen molar-refractivity contribution in [2.45, 2.75) is 26.7 Å². The Morgan fingerprint density at radius 1 is 1.06 bits per heavy atom. The molecule has 0 aliphatic heterocycles. The van der Waals surface area contributed by atoms with Crippen LogP contribution in [0.3, 0.4) is 0 Å². The predicted octanol–water partition coefficient (Wildman–Crippen LogP) is 4.35. The molecule has 0 saturated carbocycles. The standard InChI is InChI=1S/C16H17N/c1-3-6-13-9-10-14-11-12(2)15-7-4-5-8-16(15)17(13)14/h4-5,7-11H,3,6H2,1-2H3. The van der Waals surface area contributed by atoms with E-state index in [1.54, 1.807) is 0 Å². The van der Waals surface area contributed by atoms with Gasteiger partial charge in [0.2, 0.25) is 0 Å². The van der Waals surface area contributed by atoms with Crippen LogP contribution in [-0.4, -0.2) is 4.40 Å². The van der Waals surface area contributed by atoms with E-state index in [0.717, 1.165) is 6.42 Å². The van der Waals surface area contributed by atoms with Gasteiger partial charge in [-0.05, 0) is 43.2 Å². The van der Waals surface area contributed by atoms with E-state index >= 15 is 0 Å². The summed E-state index contributed by atoms with van der Waals surface area (Å²) >= 11 is 0. The number of aromatic nitrogens is 1. The Kier molecular flexibility index (Phi) is 2.40. The Morgan fingerprint density at radius 2 is 1.88 bits per heavy atom. The van der Waals surface area contributed by atoms with Gasteiger partial charge in [-0.1, -0.05) is 31.5 Å². The van der Waals surface area contributed by atoms with E-state index in [0.29, 0.717) is 0 Å². The van der Waals surface area contributed by atoms with Gasteiger partial charge < -0.3 is 4.40 Å². The molecule has 86 valence electrons. The molecule has 0 aliphatic rings. The molecular weight excluding hydrogens is 206 g/mol.